The van der Waals surface area contributed by atoms with Crippen LogP contribution in [0, 0.1) is 5.92 Å². The van der Waals surface area contributed by atoms with E-state index < -0.39 is 0 Å². The molecule has 2 N–H and O–H groups in total. The van der Waals surface area contributed by atoms with Crippen LogP contribution in [-0.2, 0) is 0 Å². The van der Waals surface area contributed by atoms with Gasteiger partial charge in [0, 0.05) is 19.7 Å². The molecule has 0 aromatic carbocycles. The van der Waals surface area contributed by atoms with Gasteiger partial charge in [-0.1, -0.05) is 5.16 Å². The first-order valence-electron chi connectivity index (χ1n) is 7.25. The molecule has 7 heteroatoms. The average molecular weight is 280 g/mol. The minimum absolute atomic E-state index is 0.0872. The fourth-order valence-electron chi connectivity index (χ4n) is 2.82. The summed E-state index contributed by atoms with van der Waals surface area (Å²) in [6.07, 6.45) is 3.72. The second kappa shape index (κ2) is 5.88. The van der Waals surface area contributed by atoms with Crippen molar-refractivity contribution in [1.82, 2.24) is 20.4 Å². The molecule has 0 radical (unpaired) electrons. The van der Waals surface area contributed by atoms with Gasteiger partial charge in [0.25, 0.3) is 11.7 Å². The van der Waals surface area contributed by atoms with E-state index in [2.05, 4.69) is 15.5 Å². The first-order chi connectivity index (χ1) is 9.78. The lowest BCUT2D eigenvalue weighted by atomic mass is 9.98. The minimum Gasteiger partial charge on any atom is -0.396 e. The van der Waals surface area contributed by atoms with Crippen LogP contribution in [0.5, 0.6) is 0 Å². The molecule has 1 amide bonds. The number of piperidine rings is 1. The summed E-state index contributed by atoms with van der Waals surface area (Å²) >= 11 is 0. The van der Waals surface area contributed by atoms with E-state index in [0.717, 1.165) is 32.2 Å². The summed E-state index contributed by atoms with van der Waals surface area (Å²) in [5.74, 6) is 0.796. The van der Waals surface area contributed by atoms with Crippen LogP contribution < -0.4 is 5.32 Å². The Morgan fingerprint density at radius 2 is 2.20 bits per heavy atom. The van der Waals surface area contributed by atoms with Gasteiger partial charge in [-0.2, -0.15) is 4.98 Å². The van der Waals surface area contributed by atoms with E-state index in [1.165, 1.54) is 0 Å². The fourth-order valence-corrected chi connectivity index (χ4v) is 2.82. The van der Waals surface area contributed by atoms with Gasteiger partial charge in [-0.3, -0.25) is 4.79 Å². The Balaban J connectivity index is 1.62. The third kappa shape index (κ3) is 2.69. The Hall–Kier alpha value is -1.47. The Bertz CT molecular complexity index is 462. The fraction of sp³-hybridized carbons (Fsp3) is 0.769. The van der Waals surface area contributed by atoms with E-state index in [9.17, 15) is 4.79 Å². The molecule has 0 bridgehead atoms. The molecular weight excluding hydrogens is 260 g/mol. The van der Waals surface area contributed by atoms with Crippen molar-refractivity contribution >= 4 is 5.91 Å². The van der Waals surface area contributed by atoms with E-state index >= 15 is 0 Å². The standard InChI is InChI=1S/C13H20N4O3/c18-8-9-3-6-17(7-4-9)13(19)11-15-12(20-16-11)10-2-1-5-14-10/h9-10,14,18H,1-8H2. The molecule has 7 nitrogen and oxygen atoms in total. The van der Waals surface area contributed by atoms with Gasteiger partial charge in [0.15, 0.2) is 0 Å². The van der Waals surface area contributed by atoms with Crippen molar-refractivity contribution in [2.24, 2.45) is 5.92 Å². The highest BCUT2D eigenvalue weighted by Gasteiger charge is 2.28. The van der Waals surface area contributed by atoms with Gasteiger partial charge in [-0.25, -0.2) is 0 Å². The summed E-state index contributed by atoms with van der Waals surface area (Å²) in [6, 6.07) is 0.0872. The van der Waals surface area contributed by atoms with Gasteiger partial charge in [0.1, 0.15) is 0 Å². The van der Waals surface area contributed by atoms with Crippen molar-refractivity contribution in [1.29, 1.82) is 0 Å². The number of aliphatic hydroxyl groups excluding tert-OH is 1. The Morgan fingerprint density at radius 1 is 1.40 bits per heavy atom. The van der Waals surface area contributed by atoms with Crippen LogP contribution in [-0.4, -0.2) is 52.3 Å². The maximum Gasteiger partial charge on any atom is 0.295 e. The molecule has 0 aliphatic carbocycles. The number of aliphatic hydroxyl groups is 1. The number of carbonyl (C=O) groups excluding carboxylic acids is 1. The number of amides is 1. The predicted octanol–water partition coefficient (Wildman–Crippen LogP) is 0.339. The summed E-state index contributed by atoms with van der Waals surface area (Å²) in [5.41, 5.74) is 0. The van der Waals surface area contributed by atoms with E-state index in [1.807, 2.05) is 0 Å². The Kier molecular flexibility index (Phi) is 3.98. The number of hydrogen-bond donors (Lipinski definition) is 2. The largest absolute Gasteiger partial charge is 0.396 e. The van der Waals surface area contributed by atoms with Gasteiger partial charge in [-0.05, 0) is 38.1 Å². The molecule has 2 aliphatic rings. The summed E-state index contributed by atoms with van der Waals surface area (Å²) < 4.78 is 5.19. The molecule has 3 heterocycles. The lowest BCUT2D eigenvalue weighted by Gasteiger charge is -2.30. The summed E-state index contributed by atoms with van der Waals surface area (Å²) in [5, 5.41) is 16.2. The van der Waals surface area contributed by atoms with E-state index in [1.54, 1.807) is 4.90 Å². The van der Waals surface area contributed by atoms with Crippen molar-refractivity contribution in [2.45, 2.75) is 31.7 Å². The molecule has 3 rings (SSSR count). The van der Waals surface area contributed by atoms with E-state index in [4.69, 9.17) is 9.63 Å². The quantitative estimate of drug-likeness (QED) is 0.829. The summed E-state index contributed by atoms with van der Waals surface area (Å²) in [7, 11) is 0. The third-order valence-corrected chi connectivity index (χ3v) is 4.15. The van der Waals surface area contributed by atoms with Crippen LogP contribution in [0.1, 0.15) is 48.2 Å². The first-order valence-corrected chi connectivity index (χ1v) is 7.25. The minimum atomic E-state index is -0.172. The topological polar surface area (TPSA) is 91.5 Å². The maximum atomic E-state index is 12.3. The normalized spacial score (nSPS) is 24.2. The maximum absolute atomic E-state index is 12.3. The zero-order valence-corrected chi connectivity index (χ0v) is 11.4. The van der Waals surface area contributed by atoms with Crippen LogP contribution in [0.2, 0.25) is 0 Å². The smallest absolute Gasteiger partial charge is 0.295 e. The van der Waals surface area contributed by atoms with Gasteiger partial charge < -0.3 is 19.8 Å². The van der Waals surface area contributed by atoms with E-state index in [-0.39, 0.29) is 24.4 Å². The van der Waals surface area contributed by atoms with Gasteiger partial charge in [0.05, 0.1) is 6.04 Å². The monoisotopic (exact) mass is 280 g/mol. The highest BCUT2D eigenvalue weighted by atomic mass is 16.5. The number of aromatic nitrogens is 2. The van der Waals surface area contributed by atoms with Crippen LogP contribution in [0.25, 0.3) is 0 Å². The lowest BCUT2D eigenvalue weighted by Crippen LogP contribution is -2.39. The molecule has 20 heavy (non-hydrogen) atoms. The number of nitrogens with zero attached hydrogens (tertiary/aromatic N) is 3. The lowest BCUT2D eigenvalue weighted by molar-refractivity contribution is 0.0636. The molecule has 1 atom stereocenters. The van der Waals surface area contributed by atoms with E-state index in [0.29, 0.717) is 24.9 Å². The van der Waals surface area contributed by atoms with Crippen LogP contribution in [0.15, 0.2) is 4.52 Å². The zero-order chi connectivity index (χ0) is 13.9. The Labute approximate surface area is 117 Å². The van der Waals surface area contributed by atoms with Crippen molar-refractivity contribution in [2.75, 3.05) is 26.2 Å². The van der Waals surface area contributed by atoms with Crippen LogP contribution in [0.4, 0.5) is 0 Å². The predicted molar refractivity (Wildman–Crippen MR) is 70.0 cm³/mol. The second-order valence-corrected chi connectivity index (χ2v) is 5.52. The van der Waals surface area contributed by atoms with Crippen molar-refractivity contribution < 1.29 is 14.4 Å². The summed E-state index contributed by atoms with van der Waals surface area (Å²) in [6.45, 7) is 2.44. The second-order valence-electron chi connectivity index (χ2n) is 5.52. The Morgan fingerprint density at radius 3 is 2.85 bits per heavy atom. The first kappa shape index (κ1) is 13.5. The number of nitrogens with one attached hydrogen (secondary N) is 1. The molecule has 0 saturated carbocycles. The molecular formula is C13H20N4O3. The SMILES string of the molecule is O=C(c1noc(C2CCCN2)n1)N1CCC(CO)CC1. The third-order valence-electron chi connectivity index (χ3n) is 4.15. The van der Waals surface area contributed by atoms with Crippen molar-refractivity contribution in [3.05, 3.63) is 11.7 Å². The molecule has 2 fully saturated rings. The molecule has 1 aromatic rings. The number of carbonyl (C=O) groups is 1. The molecule has 2 saturated heterocycles. The van der Waals surface area contributed by atoms with Crippen molar-refractivity contribution in [3.8, 4) is 0 Å². The molecule has 1 aromatic heterocycles. The average Bonchev–Trinajstić information content (AvgIpc) is 3.17. The van der Waals surface area contributed by atoms with Crippen LogP contribution >= 0.6 is 0 Å². The highest BCUT2D eigenvalue weighted by Crippen LogP contribution is 2.22. The highest BCUT2D eigenvalue weighted by molar-refractivity contribution is 5.90. The number of likely N-dealkylation sites (tertiary alicyclic amines) is 1. The van der Waals surface area contributed by atoms with Gasteiger partial charge in [0.2, 0.25) is 5.89 Å². The van der Waals surface area contributed by atoms with Gasteiger partial charge in [-0.15, -0.1) is 0 Å². The zero-order valence-electron chi connectivity index (χ0n) is 11.4. The van der Waals surface area contributed by atoms with Gasteiger partial charge >= 0.3 is 0 Å². The van der Waals surface area contributed by atoms with Crippen LogP contribution in [0.3, 0.4) is 0 Å². The summed E-state index contributed by atoms with van der Waals surface area (Å²) in [4.78, 5) is 18.2. The number of rotatable bonds is 3. The van der Waals surface area contributed by atoms with Crippen molar-refractivity contribution in [3.63, 3.8) is 0 Å². The molecule has 0 spiro atoms. The molecule has 2 aliphatic heterocycles. The number of hydrogen-bond acceptors (Lipinski definition) is 6. The molecule has 1 unspecified atom stereocenters. The molecule has 110 valence electrons.